The van der Waals surface area contributed by atoms with Gasteiger partial charge in [0.05, 0.1) is 10.7 Å². The van der Waals surface area contributed by atoms with Crippen molar-refractivity contribution in [3.63, 3.8) is 0 Å². The molecule has 0 bridgehead atoms. The first-order valence-electron chi connectivity index (χ1n) is 7.84. The van der Waals surface area contributed by atoms with E-state index in [2.05, 4.69) is 15.1 Å². The van der Waals surface area contributed by atoms with Gasteiger partial charge in [-0.1, -0.05) is 23.7 Å². The molecule has 1 fully saturated rings. The van der Waals surface area contributed by atoms with Crippen LogP contribution in [0.2, 0.25) is 5.02 Å². The van der Waals surface area contributed by atoms with Crippen molar-refractivity contribution >= 4 is 23.3 Å². The molecule has 7 heteroatoms. The van der Waals surface area contributed by atoms with Crippen molar-refractivity contribution in [2.45, 2.75) is 6.92 Å². The minimum Gasteiger partial charge on any atom is -0.482 e. The van der Waals surface area contributed by atoms with Crippen LogP contribution < -0.4 is 9.64 Å². The van der Waals surface area contributed by atoms with Crippen LogP contribution in [-0.4, -0.2) is 53.8 Å². The molecule has 3 rings (SSSR count). The molecule has 0 unspecified atom stereocenters. The Morgan fingerprint density at radius 2 is 1.88 bits per heavy atom. The Morgan fingerprint density at radius 1 is 1.12 bits per heavy atom. The highest BCUT2D eigenvalue weighted by atomic mass is 35.5. The van der Waals surface area contributed by atoms with Gasteiger partial charge in [-0.3, -0.25) is 4.79 Å². The van der Waals surface area contributed by atoms with E-state index in [9.17, 15) is 4.79 Å². The van der Waals surface area contributed by atoms with Gasteiger partial charge in [0.2, 0.25) is 0 Å². The molecule has 0 aliphatic carbocycles. The summed E-state index contributed by atoms with van der Waals surface area (Å²) in [5.41, 5.74) is 0.893. The fourth-order valence-corrected chi connectivity index (χ4v) is 2.73. The maximum absolute atomic E-state index is 12.3. The number of para-hydroxylation sites is 1. The SMILES string of the molecule is Cc1ccc(N2CCN(C(=O)COc3ccccc3Cl)CC2)nn1. The van der Waals surface area contributed by atoms with E-state index in [1.165, 1.54) is 0 Å². The Hall–Kier alpha value is -2.34. The van der Waals surface area contributed by atoms with Crippen molar-refractivity contribution in [2.24, 2.45) is 0 Å². The predicted molar refractivity (Wildman–Crippen MR) is 92.5 cm³/mol. The normalized spacial score (nSPS) is 14.6. The summed E-state index contributed by atoms with van der Waals surface area (Å²) in [6.45, 7) is 4.64. The summed E-state index contributed by atoms with van der Waals surface area (Å²) in [7, 11) is 0. The van der Waals surface area contributed by atoms with Crippen LogP contribution in [0.1, 0.15) is 5.69 Å². The summed E-state index contributed by atoms with van der Waals surface area (Å²) in [5.74, 6) is 1.34. The summed E-state index contributed by atoms with van der Waals surface area (Å²) in [4.78, 5) is 16.2. The van der Waals surface area contributed by atoms with E-state index in [1.807, 2.05) is 31.2 Å². The van der Waals surface area contributed by atoms with E-state index >= 15 is 0 Å². The highest BCUT2D eigenvalue weighted by Crippen LogP contribution is 2.23. The molecule has 126 valence electrons. The molecule has 1 amide bonds. The Morgan fingerprint density at radius 3 is 2.54 bits per heavy atom. The molecule has 6 nitrogen and oxygen atoms in total. The van der Waals surface area contributed by atoms with E-state index < -0.39 is 0 Å². The molecule has 1 saturated heterocycles. The third kappa shape index (κ3) is 3.94. The number of amides is 1. The van der Waals surface area contributed by atoms with Crippen molar-refractivity contribution in [1.29, 1.82) is 0 Å². The summed E-state index contributed by atoms with van der Waals surface area (Å²) >= 11 is 6.02. The lowest BCUT2D eigenvalue weighted by molar-refractivity contribution is -0.133. The molecule has 24 heavy (non-hydrogen) atoms. The minimum atomic E-state index is -0.0374. The van der Waals surface area contributed by atoms with Crippen molar-refractivity contribution < 1.29 is 9.53 Å². The molecule has 1 aromatic carbocycles. The number of ether oxygens (including phenoxy) is 1. The van der Waals surface area contributed by atoms with Gasteiger partial charge < -0.3 is 14.5 Å². The second-order valence-corrected chi connectivity index (χ2v) is 6.03. The zero-order valence-corrected chi connectivity index (χ0v) is 14.2. The Bertz CT molecular complexity index is 700. The van der Waals surface area contributed by atoms with Crippen LogP contribution >= 0.6 is 11.6 Å². The monoisotopic (exact) mass is 346 g/mol. The predicted octanol–water partition coefficient (Wildman–Crippen LogP) is 2.17. The molecule has 0 spiro atoms. The van der Waals surface area contributed by atoms with Crippen LogP contribution in [0.5, 0.6) is 5.75 Å². The highest BCUT2D eigenvalue weighted by Gasteiger charge is 2.22. The average molecular weight is 347 g/mol. The van der Waals surface area contributed by atoms with E-state index in [0.717, 1.165) is 24.6 Å². The first-order valence-corrected chi connectivity index (χ1v) is 8.21. The molecule has 2 aromatic rings. The highest BCUT2D eigenvalue weighted by molar-refractivity contribution is 6.32. The van der Waals surface area contributed by atoms with Crippen LogP contribution in [0.25, 0.3) is 0 Å². The fraction of sp³-hybridized carbons (Fsp3) is 0.353. The number of anilines is 1. The molecule has 0 atom stereocenters. The molecule has 1 aliphatic rings. The lowest BCUT2D eigenvalue weighted by atomic mass is 10.3. The van der Waals surface area contributed by atoms with Gasteiger partial charge in [-0.05, 0) is 31.2 Å². The van der Waals surface area contributed by atoms with E-state index in [-0.39, 0.29) is 12.5 Å². The smallest absolute Gasteiger partial charge is 0.260 e. The maximum Gasteiger partial charge on any atom is 0.260 e. The number of aromatic nitrogens is 2. The number of carbonyl (C=O) groups is 1. The van der Waals surface area contributed by atoms with Gasteiger partial charge in [-0.25, -0.2) is 0 Å². The molecule has 0 saturated carbocycles. The molecule has 2 heterocycles. The van der Waals surface area contributed by atoms with Crippen LogP contribution in [0, 0.1) is 6.92 Å². The lowest BCUT2D eigenvalue weighted by Gasteiger charge is -2.35. The third-order valence-electron chi connectivity index (χ3n) is 3.93. The maximum atomic E-state index is 12.3. The quantitative estimate of drug-likeness (QED) is 0.849. The summed E-state index contributed by atoms with van der Waals surface area (Å²) in [5, 5.41) is 8.77. The second-order valence-electron chi connectivity index (χ2n) is 5.62. The van der Waals surface area contributed by atoms with E-state index in [1.54, 1.807) is 17.0 Å². The molecular formula is C17H19ClN4O2. The summed E-state index contributed by atoms with van der Waals surface area (Å²) in [6.07, 6.45) is 0. The Labute approximate surface area is 146 Å². The van der Waals surface area contributed by atoms with E-state index in [4.69, 9.17) is 16.3 Å². The van der Waals surface area contributed by atoms with Gasteiger partial charge >= 0.3 is 0 Å². The average Bonchev–Trinajstić information content (AvgIpc) is 2.62. The third-order valence-corrected chi connectivity index (χ3v) is 4.24. The van der Waals surface area contributed by atoms with Gasteiger partial charge in [0, 0.05) is 26.2 Å². The standard InChI is InChI=1S/C17H19ClN4O2/c1-13-6-7-16(20-19-13)21-8-10-22(11-9-21)17(23)12-24-15-5-3-2-4-14(15)18/h2-7H,8-12H2,1H3. The van der Waals surface area contributed by atoms with Crippen LogP contribution in [0.15, 0.2) is 36.4 Å². The number of rotatable bonds is 4. The van der Waals surface area contributed by atoms with Gasteiger partial charge in [-0.2, -0.15) is 5.10 Å². The number of hydrogen-bond acceptors (Lipinski definition) is 5. The lowest BCUT2D eigenvalue weighted by Crippen LogP contribution is -2.50. The topological polar surface area (TPSA) is 58.6 Å². The minimum absolute atomic E-state index is 0.00588. The largest absolute Gasteiger partial charge is 0.482 e. The van der Waals surface area contributed by atoms with Crippen molar-refractivity contribution in [3.05, 3.63) is 47.1 Å². The molecule has 0 radical (unpaired) electrons. The molecule has 0 N–H and O–H groups in total. The zero-order chi connectivity index (χ0) is 16.9. The van der Waals surface area contributed by atoms with Crippen molar-refractivity contribution in [3.8, 4) is 5.75 Å². The van der Waals surface area contributed by atoms with Crippen molar-refractivity contribution in [2.75, 3.05) is 37.7 Å². The molecule has 1 aliphatic heterocycles. The number of benzene rings is 1. The fourth-order valence-electron chi connectivity index (χ4n) is 2.54. The van der Waals surface area contributed by atoms with Gasteiger partial charge in [0.25, 0.3) is 5.91 Å². The van der Waals surface area contributed by atoms with E-state index in [0.29, 0.717) is 23.9 Å². The molecular weight excluding hydrogens is 328 g/mol. The first-order chi connectivity index (χ1) is 11.6. The zero-order valence-electron chi connectivity index (χ0n) is 13.5. The number of nitrogens with zero attached hydrogens (tertiary/aromatic N) is 4. The number of piperazine rings is 1. The Balaban J connectivity index is 1.50. The summed E-state index contributed by atoms with van der Waals surface area (Å²) < 4.78 is 5.52. The van der Waals surface area contributed by atoms with Gasteiger partial charge in [-0.15, -0.1) is 5.10 Å². The van der Waals surface area contributed by atoms with Crippen LogP contribution in [0.3, 0.4) is 0 Å². The summed E-state index contributed by atoms with van der Waals surface area (Å²) in [6, 6.07) is 11.0. The Kier molecular flexibility index (Phi) is 5.15. The number of carbonyl (C=O) groups excluding carboxylic acids is 1. The van der Waals surface area contributed by atoms with Gasteiger partial charge in [0.1, 0.15) is 5.75 Å². The number of aryl methyl sites for hydroxylation is 1. The van der Waals surface area contributed by atoms with Gasteiger partial charge in [0.15, 0.2) is 12.4 Å². The van der Waals surface area contributed by atoms with Crippen molar-refractivity contribution in [1.82, 2.24) is 15.1 Å². The first kappa shape index (κ1) is 16.5. The van der Waals surface area contributed by atoms with Crippen LogP contribution in [0.4, 0.5) is 5.82 Å². The van der Waals surface area contributed by atoms with Crippen LogP contribution in [-0.2, 0) is 4.79 Å². The second kappa shape index (κ2) is 7.49. The number of halogens is 1. The number of hydrogen-bond donors (Lipinski definition) is 0. The molecule has 1 aromatic heterocycles.